The third-order valence-corrected chi connectivity index (χ3v) is 2.89. The summed E-state index contributed by atoms with van der Waals surface area (Å²) < 4.78 is 0. The SMILES string of the molecule is CCCCN(C)c1ccc(Cl)cc1/C=C/C(=O)O. The number of carbonyl (C=O) groups is 1. The predicted molar refractivity (Wildman–Crippen MR) is 76.3 cm³/mol. The highest BCUT2D eigenvalue weighted by Crippen LogP contribution is 2.25. The van der Waals surface area contributed by atoms with Crippen molar-refractivity contribution in [1.29, 1.82) is 0 Å². The van der Waals surface area contributed by atoms with Gasteiger partial charge in [-0.1, -0.05) is 24.9 Å². The van der Waals surface area contributed by atoms with Crippen LogP contribution in [0.5, 0.6) is 0 Å². The first-order valence-electron chi connectivity index (χ1n) is 5.96. The second-order valence-corrected chi connectivity index (χ2v) is 4.59. The lowest BCUT2D eigenvalue weighted by Crippen LogP contribution is -2.19. The Hall–Kier alpha value is -1.48. The van der Waals surface area contributed by atoms with Gasteiger partial charge in [0.2, 0.25) is 0 Å². The van der Waals surface area contributed by atoms with Crippen molar-refractivity contribution in [2.45, 2.75) is 19.8 Å². The molecule has 0 aromatic heterocycles. The summed E-state index contributed by atoms with van der Waals surface area (Å²) in [6.07, 6.45) is 4.92. The molecular formula is C14H18ClNO2. The van der Waals surface area contributed by atoms with Crippen molar-refractivity contribution < 1.29 is 9.90 Å². The summed E-state index contributed by atoms with van der Waals surface area (Å²) in [6, 6.07) is 5.51. The summed E-state index contributed by atoms with van der Waals surface area (Å²) in [5, 5.41) is 9.29. The van der Waals surface area contributed by atoms with Crippen LogP contribution in [0.15, 0.2) is 24.3 Å². The van der Waals surface area contributed by atoms with Crippen molar-refractivity contribution in [3.8, 4) is 0 Å². The van der Waals surface area contributed by atoms with Crippen LogP contribution in [-0.4, -0.2) is 24.7 Å². The zero-order chi connectivity index (χ0) is 13.5. The van der Waals surface area contributed by atoms with E-state index in [9.17, 15) is 4.79 Å². The highest BCUT2D eigenvalue weighted by atomic mass is 35.5. The van der Waals surface area contributed by atoms with Crippen molar-refractivity contribution in [2.75, 3.05) is 18.5 Å². The van der Waals surface area contributed by atoms with Crippen LogP contribution >= 0.6 is 11.6 Å². The van der Waals surface area contributed by atoms with Gasteiger partial charge in [-0.05, 0) is 36.3 Å². The van der Waals surface area contributed by atoms with Gasteiger partial charge >= 0.3 is 5.97 Å². The maximum Gasteiger partial charge on any atom is 0.328 e. The number of rotatable bonds is 6. The molecular weight excluding hydrogens is 250 g/mol. The van der Waals surface area contributed by atoms with Crippen molar-refractivity contribution >= 4 is 29.3 Å². The van der Waals surface area contributed by atoms with E-state index in [0.717, 1.165) is 36.7 Å². The van der Waals surface area contributed by atoms with E-state index in [4.69, 9.17) is 16.7 Å². The summed E-state index contributed by atoms with van der Waals surface area (Å²) >= 11 is 5.94. The Morgan fingerprint density at radius 3 is 2.83 bits per heavy atom. The molecule has 0 saturated heterocycles. The molecule has 1 rings (SSSR count). The van der Waals surface area contributed by atoms with Crippen LogP contribution in [0.2, 0.25) is 5.02 Å². The molecule has 0 fully saturated rings. The number of hydrogen-bond acceptors (Lipinski definition) is 2. The molecule has 1 N–H and O–H groups in total. The number of unbranched alkanes of at least 4 members (excludes halogenated alkanes) is 1. The van der Waals surface area contributed by atoms with Gasteiger partial charge in [-0.3, -0.25) is 0 Å². The molecule has 0 heterocycles. The van der Waals surface area contributed by atoms with E-state index in [1.807, 2.05) is 19.2 Å². The molecule has 4 heteroatoms. The van der Waals surface area contributed by atoms with Gasteiger partial charge in [0, 0.05) is 30.4 Å². The average molecular weight is 268 g/mol. The Labute approximate surface area is 113 Å². The maximum atomic E-state index is 10.6. The monoisotopic (exact) mass is 267 g/mol. The maximum absolute atomic E-state index is 10.6. The minimum atomic E-state index is -0.961. The van der Waals surface area contributed by atoms with Gasteiger partial charge in [0.1, 0.15) is 0 Å². The Balaban J connectivity index is 2.98. The molecule has 0 radical (unpaired) electrons. The zero-order valence-electron chi connectivity index (χ0n) is 10.7. The molecule has 0 aliphatic heterocycles. The van der Waals surface area contributed by atoms with Crippen LogP contribution in [0.1, 0.15) is 25.3 Å². The predicted octanol–water partition coefficient (Wildman–Crippen LogP) is 3.67. The lowest BCUT2D eigenvalue weighted by molar-refractivity contribution is -0.131. The average Bonchev–Trinajstić information content (AvgIpc) is 2.33. The molecule has 0 saturated carbocycles. The van der Waals surface area contributed by atoms with Crippen molar-refractivity contribution in [2.24, 2.45) is 0 Å². The first kappa shape index (κ1) is 14.6. The highest BCUT2D eigenvalue weighted by molar-refractivity contribution is 6.30. The molecule has 98 valence electrons. The van der Waals surface area contributed by atoms with Crippen LogP contribution < -0.4 is 4.90 Å². The first-order chi connectivity index (χ1) is 8.54. The van der Waals surface area contributed by atoms with Gasteiger partial charge in [-0.2, -0.15) is 0 Å². The second kappa shape index (κ2) is 7.07. The Morgan fingerprint density at radius 1 is 1.50 bits per heavy atom. The van der Waals surface area contributed by atoms with Crippen molar-refractivity contribution in [3.63, 3.8) is 0 Å². The number of aliphatic carboxylic acids is 1. The standard InChI is InChI=1S/C14H18ClNO2/c1-3-4-9-16(2)13-7-6-12(15)10-11(13)5-8-14(17)18/h5-8,10H,3-4,9H2,1-2H3,(H,17,18)/b8-5+. The molecule has 0 amide bonds. The fraction of sp³-hybridized carbons (Fsp3) is 0.357. The minimum absolute atomic E-state index is 0.604. The third-order valence-electron chi connectivity index (χ3n) is 2.65. The second-order valence-electron chi connectivity index (χ2n) is 4.15. The number of carboxylic acids is 1. The van der Waals surface area contributed by atoms with Gasteiger partial charge in [-0.15, -0.1) is 0 Å². The Kier molecular flexibility index (Phi) is 5.72. The van der Waals surface area contributed by atoms with Crippen LogP contribution in [0, 0.1) is 0 Å². The van der Waals surface area contributed by atoms with E-state index in [-0.39, 0.29) is 0 Å². The summed E-state index contributed by atoms with van der Waals surface area (Å²) in [5.74, 6) is -0.961. The van der Waals surface area contributed by atoms with Gasteiger partial charge < -0.3 is 10.0 Å². The molecule has 0 aliphatic carbocycles. The zero-order valence-corrected chi connectivity index (χ0v) is 11.4. The molecule has 0 spiro atoms. The molecule has 1 aromatic carbocycles. The molecule has 1 aromatic rings. The molecule has 3 nitrogen and oxygen atoms in total. The summed E-state index contributed by atoms with van der Waals surface area (Å²) in [7, 11) is 2.00. The molecule has 0 aliphatic rings. The normalized spacial score (nSPS) is 10.8. The smallest absolute Gasteiger partial charge is 0.328 e. The number of hydrogen-bond donors (Lipinski definition) is 1. The number of benzene rings is 1. The number of anilines is 1. The lowest BCUT2D eigenvalue weighted by Gasteiger charge is -2.21. The van der Waals surface area contributed by atoms with E-state index < -0.39 is 5.97 Å². The summed E-state index contributed by atoms with van der Waals surface area (Å²) in [6.45, 7) is 3.08. The van der Waals surface area contributed by atoms with E-state index >= 15 is 0 Å². The molecule has 18 heavy (non-hydrogen) atoms. The fourth-order valence-corrected chi connectivity index (χ4v) is 1.86. The van der Waals surface area contributed by atoms with E-state index in [2.05, 4.69) is 11.8 Å². The van der Waals surface area contributed by atoms with Gasteiger partial charge in [0.05, 0.1) is 0 Å². The van der Waals surface area contributed by atoms with Crippen molar-refractivity contribution in [3.05, 3.63) is 34.9 Å². The van der Waals surface area contributed by atoms with Crippen LogP contribution in [-0.2, 0) is 4.79 Å². The van der Waals surface area contributed by atoms with Gasteiger partial charge in [-0.25, -0.2) is 4.79 Å². The lowest BCUT2D eigenvalue weighted by atomic mass is 10.1. The third kappa shape index (κ3) is 4.41. The first-order valence-corrected chi connectivity index (χ1v) is 6.34. The molecule has 0 unspecified atom stereocenters. The largest absolute Gasteiger partial charge is 0.478 e. The van der Waals surface area contributed by atoms with E-state index in [0.29, 0.717) is 5.02 Å². The Bertz CT molecular complexity index is 443. The number of nitrogens with zero attached hydrogens (tertiary/aromatic N) is 1. The number of carboxylic acid groups (broad SMARTS) is 1. The van der Waals surface area contributed by atoms with Crippen LogP contribution in [0.3, 0.4) is 0 Å². The highest BCUT2D eigenvalue weighted by Gasteiger charge is 2.06. The Morgan fingerprint density at radius 2 is 2.22 bits per heavy atom. The topological polar surface area (TPSA) is 40.5 Å². The molecule has 0 atom stereocenters. The molecule has 0 bridgehead atoms. The van der Waals surface area contributed by atoms with Gasteiger partial charge in [0.15, 0.2) is 0 Å². The number of halogens is 1. The van der Waals surface area contributed by atoms with E-state index in [1.165, 1.54) is 0 Å². The summed E-state index contributed by atoms with van der Waals surface area (Å²) in [4.78, 5) is 12.7. The minimum Gasteiger partial charge on any atom is -0.478 e. The van der Waals surface area contributed by atoms with Crippen molar-refractivity contribution in [1.82, 2.24) is 0 Å². The quantitative estimate of drug-likeness (QED) is 0.800. The van der Waals surface area contributed by atoms with E-state index in [1.54, 1.807) is 12.1 Å². The van der Waals surface area contributed by atoms with Gasteiger partial charge in [0.25, 0.3) is 0 Å². The fourth-order valence-electron chi connectivity index (χ4n) is 1.68. The van der Waals surface area contributed by atoms with Crippen LogP contribution in [0.4, 0.5) is 5.69 Å². The summed E-state index contributed by atoms with van der Waals surface area (Å²) in [5.41, 5.74) is 1.81. The van der Waals surface area contributed by atoms with Crippen LogP contribution in [0.25, 0.3) is 6.08 Å².